The largest absolute Gasteiger partial charge is 0.480 e. The zero-order valence-corrected chi connectivity index (χ0v) is 19.6. The predicted molar refractivity (Wildman–Crippen MR) is 121 cm³/mol. The van der Waals surface area contributed by atoms with Gasteiger partial charge in [0.15, 0.2) is 0 Å². The summed E-state index contributed by atoms with van der Waals surface area (Å²) < 4.78 is 4.98. The maximum Gasteiger partial charge on any atom is 0.408 e. The van der Waals surface area contributed by atoms with Crippen LogP contribution >= 0.6 is 11.8 Å². The Morgan fingerprint density at radius 3 is 1.86 bits per heavy atom. The van der Waals surface area contributed by atoms with Gasteiger partial charge in [0.1, 0.15) is 11.6 Å². The molecule has 2 aliphatic carbocycles. The second-order valence-corrected chi connectivity index (χ2v) is 10.1. The lowest BCUT2D eigenvalue weighted by Gasteiger charge is -2.30. The fraction of sp³-hybridized carbons (Fsp3) is 0.909. The van der Waals surface area contributed by atoms with Crippen molar-refractivity contribution in [3.05, 3.63) is 0 Å². The molecule has 2 rings (SSSR count). The van der Waals surface area contributed by atoms with E-state index in [-0.39, 0.29) is 0 Å². The van der Waals surface area contributed by atoms with Crippen LogP contribution in [-0.4, -0.2) is 52.9 Å². The Balaban J connectivity index is 0.000000294. The van der Waals surface area contributed by atoms with E-state index in [0.29, 0.717) is 12.2 Å². The summed E-state index contributed by atoms with van der Waals surface area (Å²) in [6.07, 6.45) is 16.1. The third-order valence-corrected chi connectivity index (χ3v) is 5.93. The molecule has 3 N–H and O–H groups in total. The van der Waals surface area contributed by atoms with Crippen LogP contribution in [0, 0.1) is 0 Å². The third kappa shape index (κ3) is 13.1. The van der Waals surface area contributed by atoms with Crippen LogP contribution in [-0.2, 0) is 9.53 Å². The zero-order chi connectivity index (χ0) is 21.7. The zero-order valence-electron chi connectivity index (χ0n) is 18.8. The van der Waals surface area contributed by atoms with Crippen molar-refractivity contribution in [2.75, 3.05) is 12.0 Å². The van der Waals surface area contributed by atoms with Crippen molar-refractivity contribution in [3.63, 3.8) is 0 Å². The van der Waals surface area contributed by atoms with E-state index in [1.54, 1.807) is 20.8 Å². The topological polar surface area (TPSA) is 87.7 Å². The number of nitrogens with one attached hydrogen (secondary N) is 2. The number of aliphatic carboxylic acids is 1. The van der Waals surface area contributed by atoms with Crippen LogP contribution < -0.4 is 10.6 Å². The van der Waals surface area contributed by atoms with Gasteiger partial charge in [-0.1, -0.05) is 38.5 Å². The first kappa shape index (κ1) is 26.1. The number of carbonyl (C=O) groups is 2. The van der Waals surface area contributed by atoms with Gasteiger partial charge < -0.3 is 20.5 Å². The highest BCUT2D eigenvalue weighted by Gasteiger charge is 2.23. The minimum atomic E-state index is -1.04. The number of rotatable bonds is 7. The Hall–Kier alpha value is -0.950. The SMILES string of the molecule is C1CCC(NC2CCCCC2)CC1.CSCC[C@H](NC(=O)OC(C)(C)C)C(=O)O. The molecule has 2 saturated carbocycles. The smallest absolute Gasteiger partial charge is 0.408 e. The van der Waals surface area contributed by atoms with E-state index < -0.39 is 23.7 Å². The molecule has 1 atom stereocenters. The summed E-state index contributed by atoms with van der Waals surface area (Å²) in [7, 11) is 0. The summed E-state index contributed by atoms with van der Waals surface area (Å²) in [5.74, 6) is -0.368. The van der Waals surface area contributed by atoms with Crippen molar-refractivity contribution >= 4 is 23.8 Å². The maximum absolute atomic E-state index is 11.3. The third-order valence-electron chi connectivity index (χ3n) is 5.28. The molecule has 0 saturated heterocycles. The van der Waals surface area contributed by atoms with Crippen LogP contribution in [0.4, 0.5) is 4.79 Å². The van der Waals surface area contributed by atoms with Crippen molar-refractivity contribution in [1.29, 1.82) is 0 Å². The Bertz CT molecular complexity index is 454. The molecule has 0 aliphatic heterocycles. The molecule has 170 valence electrons. The van der Waals surface area contributed by atoms with Crippen molar-refractivity contribution in [2.24, 2.45) is 0 Å². The first-order valence-electron chi connectivity index (χ1n) is 11.2. The summed E-state index contributed by atoms with van der Waals surface area (Å²) in [4.78, 5) is 22.2. The van der Waals surface area contributed by atoms with Crippen LogP contribution in [0.25, 0.3) is 0 Å². The van der Waals surface area contributed by atoms with Gasteiger partial charge in [-0.05, 0) is 64.9 Å². The van der Waals surface area contributed by atoms with Gasteiger partial charge in [-0.25, -0.2) is 9.59 Å². The van der Waals surface area contributed by atoms with Crippen LogP contribution in [0.15, 0.2) is 0 Å². The molecule has 7 heteroatoms. The number of alkyl carbamates (subject to hydrolysis) is 1. The Labute approximate surface area is 181 Å². The number of ether oxygens (including phenoxy) is 1. The Morgan fingerprint density at radius 2 is 1.48 bits per heavy atom. The highest BCUT2D eigenvalue weighted by atomic mass is 32.2. The van der Waals surface area contributed by atoms with E-state index in [1.807, 2.05) is 6.26 Å². The first-order valence-corrected chi connectivity index (χ1v) is 12.6. The number of carboxylic acids is 1. The number of thioether (sulfide) groups is 1. The van der Waals surface area contributed by atoms with Crippen molar-refractivity contribution in [1.82, 2.24) is 10.6 Å². The van der Waals surface area contributed by atoms with Crippen molar-refractivity contribution in [3.8, 4) is 0 Å². The Morgan fingerprint density at radius 1 is 1.00 bits per heavy atom. The van der Waals surface area contributed by atoms with E-state index in [2.05, 4.69) is 10.6 Å². The summed E-state index contributed by atoms with van der Waals surface area (Å²) in [5, 5.41) is 15.1. The quantitative estimate of drug-likeness (QED) is 0.529. The number of hydrogen-bond donors (Lipinski definition) is 3. The van der Waals surface area contributed by atoms with Crippen LogP contribution in [0.5, 0.6) is 0 Å². The van der Waals surface area contributed by atoms with E-state index in [0.717, 1.165) is 12.1 Å². The highest BCUT2D eigenvalue weighted by molar-refractivity contribution is 7.98. The second-order valence-electron chi connectivity index (χ2n) is 9.16. The molecule has 0 bridgehead atoms. The van der Waals surface area contributed by atoms with E-state index in [9.17, 15) is 9.59 Å². The van der Waals surface area contributed by atoms with Gasteiger partial charge in [0.25, 0.3) is 0 Å². The van der Waals surface area contributed by atoms with Crippen LogP contribution in [0.2, 0.25) is 0 Å². The molecule has 0 spiro atoms. The van der Waals surface area contributed by atoms with Gasteiger partial charge in [0, 0.05) is 12.1 Å². The van der Waals surface area contributed by atoms with Crippen molar-refractivity contribution < 1.29 is 19.4 Å². The number of carbonyl (C=O) groups excluding carboxylic acids is 1. The summed E-state index contributed by atoms with van der Waals surface area (Å²) in [6, 6.07) is 0.857. The molecule has 0 radical (unpaired) electrons. The number of hydrogen-bond acceptors (Lipinski definition) is 5. The molecule has 0 unspecified atom stereocenters. The summed E-state index contributed by atoms with van der Waals surface area (Å²) >= 11 is 1.53. The normalized spacial score (nSPS) is 19.6. The second kappa shape index (κ2) is 14.1. The summed E-state index contributed by atoms with van der Waals surface area (Å²) in [5.41, 5.74) is -0.618. The van der Waals surface area contributed by atoms with Crippen LogP contribution in [0.1, 0.15) is 91.4 Å². The van der Waals surface area contributed by atoms with Gasteiger partial charge in [-0.15, -0.1) is 0 Å². The molecule has 6 nitrogen and oxygen atoms in total. The average molecular weight is 431 g/mol. The monoisotopic (exact) mass is 430 g/mol. The standard InChI is InChI=1S/C12H23N.C10H19NO4S/c1-3-7-11(8-4-1)13-12-9-5-2-6-10-12;1-10(2,3)15-9(14)11-7(8(12)13)5-6-16-4/h11-13H,1-10H2;7H,5-6H2,1-4H3,(H,11,14)(H,12,13)/t;7-/m.0/s1. The fourth-order valence-corrected chi connectivity index (χ4v) is 4.29. The lowest BCUT2D eigenvalue weighted by Crippen LogP contribution is -2.43. The molecule has 29 heavy (non-hydrogen) atoms. The van der Waals surface area contributed by atoms with E-state index >= 15 is 0 Å². The van der Waals surface area contributed by atoms with Crippen LogP contribution in [0.3, 0.4) is 0 Å². The van der Waals surface area contributed by atoms with Gasteiger partial charge in [0.2, 0.25) is 0 Å². The maximum atomic E-state index is 11.3. The molecule has 0 aromatic heterocycles. The first-order chi connectivity index (χ1) is 13.7. The molecule has 0 heterocycles. The summed E-state index contributed by atoms with van der Waals surface area (Å²) in [6.45, 7) is 5.18. The van der Waals surface area contributed by atoms with Gasteiger partial charge >= 0.3 is 12.1 Å². The predicted octanol–water partition coefficient (Wildman–Crippen LogP) is 4.96. The van der Waals surface area contributed by atoms with E-state index in [1.165, 1.54) is 76.0 Å². The highest BCUT2D eigenvalue weighted by Crippen LogP contribution is 2.22. The minimum Gasteiger partial charge on any atom is -0.480 e. The van der Waals surface area contributed by atoms with Crippen molar-refractivity contribution in [2.45, 2.75) is 115 Å². The molecule has 1 amide bonds. The molecule has 0 aromatic rings. The number of amides is 1. The van der Waals surface area contributed by atoms with E-state index in [4.69, 9.17) is 9.84 Å². The molecule has 0 aromatic carbocycles. The fourth-order valence-electron chi connectivity index (χ4n) is 3.81. The Kier molecular flexibility index (Phi) is 12.7. The molecular weight excluding hydrogens is 388 g/mol. The lowest BCUT2D eigenvalue weighted by atomic mass is 9.91. The molecule has 2 aliphatic rings. The van der Waals surface area contributed by atoms with Gasteiger partial charge in [0.05, 0.1) is 0 Å². The molecular formula is C22H42N2O4S. The van der Waals surface area contributed by atoms with Gasteiger partial charge in [-0.3, -0.25) is 0 Å². The average Bonchev–Trinajstić information content (AvgIpc) is 2.65. The number of carboxylic acid groups (broad SMARTS) is 1. The lowest BCUT2D eigenvalue weighted by molar-refractivity contribution is -0.139. The molecule has 2 fully saturated rings. The van der Waals surface area contributed by atoms with Gasteiger partial charge in [-0.2, -0.15) is 11.8 Å². The minimum absolute atomic E-state index is 0.385.